The van der Waals surface area contributed by atoms with Gasteiger partial charge < -0.3 is 14.6 Å². The van der Waals surface area contributed by atoms with Crippen LogP contribution in [0.1, 0.15) is 30.1 Å². The second kappa shape index (κ2) is 6.36. The summed E-state index contributed by atoms with van der Waals surface area (Å²) >= 11 is 0. The fourth-order valence-electron chi connectivity index (χ4n) is 2.37. The number of aromatic amines is 1. The lowest BCUT2D eigenvalue weighted by Gasteiger charge is -2.31. The molecule has 0 aliphatic carbocycles. The van der Waals surface area contributed by atoms with Crippen LogP contribution in [0.2, 0.25) is 0 Å². The molecule has 6 nitrogen and oxygen atoms in total. The highest BCUT2D eigenvalue weighted by Crippen LogP contribution is 2.19. The summed E-state index contributed by atoms with van der Waals surface area (Å²) in [5.74, 6) is -0.900. The summed E-state index contributed by atoms with van der Waals surface area (Å²) in [7, 11) is 0. The van der Waals surface area contributed by atoms with Crippen LogP contribution in [0.4, 0.5) is 0 Å². The first kappa shape index (κ1) is 14.3. The highest BCUT2D eigenvalue weighted by molar-refractivity contribution is 5.94. The second-order valence-corrected chi connectivity index (χ2v) is 4.76. The molecule has 20 heavy (non-hydrogen) atoms. The number of hydrogen-bond donors (Lipinski definition) is 1. The molecule has 1 aliphatic rings. The molecule has 1 aromatic rings. The molecule has 1 aliphatic heterocycles. The molecule has 0 saturated carbocycles. The van der Waals surface area contributed by atoms with Crippen LogP contribution in [0.5, 0.6) is 0 Å². The van der Waals surface area contributed by atoms with Gasteiger partial charge >= 0.3 is 5.97 Å². The molecule has 1 N–H and O–H groups in total. The molecule has 0 radical (unpaired) electrons. The molecule has 1 saturated heterocycles. The summed E-state index contributed by atoms with van der Waals surface area (Å²) in [5, 5.41) is 0. The van der Waals surface area contributed by atoms with Crippen LogP contribution in [0.3, 0.4) is 0 Å². The molecule has 108 valence electrons. The van der Waals surface area contributed by atoms with Crippen molar-refractivity contribution in [3.63, 3.8) is 0 Å². The van der Waals surface area contributed by atoms with E-state index in [-0.39, 0.29) is 28.8 Å². The van der Waals surface area contributed by atoms with E-state index >= 15 is 0 Å². The number of rotatable bonds is 3. The Kier molecular flexibility index (Phi) is 4.55. The molecule has 1 atom stereocenters. The van der Waals surface area contributed by atoms with Crippen molar-refractivity contribution < 1.29 is 14.3 Å². The molecular formula is C14H18N2O4. The molecule has 0 aromatic carbocycles. The molecule has 1 fully saturated rings. The van der Waals surface area contributed by atoms with E-state index in [1.807, 2.05) is 0 Å². The van der Waals surface area contributed by atoms with Gasteiger partial charge in [0, 0.05) is 31.5 Å². The van der Waals surface area contributed by atoms with Crippen molar-refractivity contribution in [1.29, 1.82) is 0 Å². The minimum absolute atomic E-state index is 0.108. The molecule has 6 heteroatoms. The number of aromatic nitrogens is 1. The summed E-state index contributed by atoms with van der Waals surface area (Å²) in [6.07, 6.45) is 4.34. The second-order valence-electron chi connectivity index (χ2n) is 4.76. The fourth-order valence-corrected chi connectivity index (χ4v) is 2.37. The van der Waals surface area contributed by atoms with Crippen LogP contribution in [-0.4, -0.2) is 41.5 Å². The van der Waals surface area contributed by atoms with E-state index in [2.05, 4.69) is 4.98 Å². The number of nitrogens with one attached hydrogen (secondary N) is 1. The number of esters is 1. The van der Waals surface area contributed by atoms with E-state index < -0.39 is 0 Å². The summed E-state index contributed by atoms with van der Waals surface area (Å²) in [4.78, 5) is 40.0. The third-order valence-electron chi connectivity index (χ3n) is 3.38. The van der Waals surface area contributed by atoms with E-state index in [4.69, 9.17) is 4.74 Å². The molecule has 0 bridgehead atoms. The van der Waals surface area contributed by atoms with Crippen molar-refractivity contribution in [1.82, 2.24) is 9.88 Å². The Morgan fingerprint density at radius 2 is 2.30 bits per heavy atom. The van der Waals surface area contributed by atoms with Gasteiger partial charge in [0.2, 0.25) is 0 Å². The average molecular weight is 278 g/mol. The predicted molar refractivity (Wildman–Crippen MR) is 72.3 cm³/mol. The number of nitrogens with zero attached hydrogens (tertiary/aromatic N) is 1. The normalized spacial score (nSPS) is 18.6. The maximum Gasteiger partial charge on any atom is 0.310 e. The average Bonchev–Trinajstić information content (AvgIpc) is 2.47. The maximum absolute atomic E-state index is 12.3. The van der Waals surface area contributed by atoms with Gasteiger partial charge in [0.05, 0.1) is 12.5 Å². The van der Waals surface area contributed by atoms with E-state index in [9.17, 15) is 14.4 Å². The highest BCUT2D eigenvalue weighted by atomic mass is 16.5. The molecule has 0 spiro atoms. The smallest absolute Gasteiger partial charge is 0.310 e. The summed E-state index contributed by atoms with van der Waals surface area (Å²) in [6, 6.07) is 1.32. The van der Waals surface area contributed by atoms with E-state index in [0.29, 0.717) is 26.1 Å². The van der Waals surface area contributed by atoms with Crippen LogP contribution >= 0.6 is 0 Å². The van der Waals surface area contributed by atoms with Crippen molar-refractivity contribution in [2.75, 3.05) is 19.7 Å². The van der Waals surface area contributed by atoms with Crippen molar-refractivity contribution in [2.45, 2.75) is 19.8 Å². The largest absolute Gasteiger partial charge is 0.466 e. The standard InChI is InChI=1S/C14H18N2O4/c1-2-20-14(19)10-4-3-7-16(9-10)13(18)11-8-15-6-5-12(11)17/h5-6,8,10H,2-4,7,9H2,1H3,(H,15,17). The number of pyridine rings is 1. The van der Waals surface area contributed by atoms with Crippen molar-refractivity contribution in [3.8, 4) is 0 Å². The fraction of sp³-hybridized carbons (Fsp3) is 0.500. The van der Waals surface area contributed by atoms with Crippen molar-refractivity contribution in [2.24, 2.45) is 5.92 Å². The van der Waals surface area contributed by atoms with Gasteiger partial charge in [0.15, 0.2) is 5.43 Å². The summed E-state index contributed by atoms with van der Waals surface area (Å²) in [6.45, 7) is 2.96. The molecule has 1 amide bonds. The Balaban J connectivity index is 2.09. The van der Waals surface area contributed by atoms with Gasteiger partial charge in [-0.25, -0.2) is 0 Å². The molecule has 1 aromatic heterocycles. The number of hydrogen-bond acceptors (Lipinski definition) is 4. The van der Waals surface area contributed by atoms with Crippen LogP contribution in [0, 0.1) is 5.92 Å². The zero-order chi connectivity index (χ0) is 14.5. The molecular weight excluding hydrogens is 260 g/mol. The van der Waals surface area contributed by atoms with Crippen LogP contribution < -0.4 is 5.43 Å². The van der Waals surface area contributed by atoms with Gasteiger partial charge in [0.1, 0.15) is 5.56 Å². The number of carbonyl (C=O) groups excluding carboxylic acids is 2. The predicted octanol–water partition coefficient (Wildman–Crippen LogP) is 0.790. The van der Waals surface area contributed by atoms with E-state index in [0.717, 1.165) is 6.42 Å². The van der Waals surface area contributed by atoms with Gasteiger partial charge in [-0.1, -0.05) is 0 Å². The first-order chi connectivity index (χ1) is 9.63. The van der Waals surface area contributed by atoms with Gasteiger partial charge in [-0.2, -0.15) is 0 Å². The number of ether oxygens (including phenoxy) is 1. The topological polar surface area (TPSA) is 79.5 Å². The first-order valence-corrected chi connectivity index (χ1v) is 6.76. The first-order valence-electron chi connectivity index (χ1n) is 6.76. The van der Waals surface area contributed by atoms with E-state index in [1.165, 1.54) is 18.5 Å². The van der Waals surface area contributed by atoms with Gasteiger partial charge in [-0.15, -0.1) is 0 Å². The van der Waals surface area contributed by atoms with E-state index in [1.54, 1.807) is 11.8 Å². The zero-order valence-electron chi connectivity index (χ0n) is 11.4. The molecule has 2 rings (SSSR count). The Labute approximate surface area is 116 Å². The zero-order valence-corrected chi connectivity index (χ0v) is 11.4. The molecule has 2 heterocycles. The minimum Gasteiger partial charge on any atom is -0.466 e. The monoisotopic (exact) mass is 278 g/mol. The lowest BCUT2D eigenvalue weighted by Crippen LogP contribution is -2.44. The number of carbonyl (C=O) groups is 2. The molecule has 1 unspecified atom stereocenters. The lowest BCUT2D eigenvalue weighted by molar-refractivity contribution is -0.149. The Hall–Kier alpha value is -2.11. The quantitative estimate of drug-likeness (QED) is 0.829. The number of piperidine rings is 1. The number of amides is 1. The Bertz CT molecular complexity index is 552. The van der Waals surface area contributed by atoms with Crippen LogP contribution in [-0.2, 0) is 9.53 Å². The Morgan fingerprint density at radius 3 is 3.00 bits per heavy atom. The third-order valence-corrected chi connectivity index (χ3v) is 3.38. The van der Waals surface area contributed by atoms with Gasteiger partial charge in [-0.05, 0) is 19.8 Å². The lowest BCUT2D eigenvalue weighted by atomic mass is 9.97. The third kappa shape index (κ3) is 3.07. The highest BCUT2D eigenvalue weighted by Gasteiger charge is 2.30. The summed E-state index contributed by atoms with van der Waals surface area (Å²) < 4.78 is 4.99. The van der Waals surface area contributed by atoms with Crippen molar-refractivity contribution >= 4 is 11.9 Å². The van der Waals surface area contributed by atoms with Gasteiger partial charge in [0.25, 0.3) is 5.91 Å². The minimum atomic E-state index is -0.333. The van der Waals surface area contributed by atoms with Crippen LogP contribution in [0.15, 0.2) is 23.3 Å². The Morgan fingerprint density at radius 1 is 1.50 bits per heavy atom. The van der Waals surface area contributed by atoms with Gasteiger partial charge in [-0.3, -0.25) is 14.4 Å². The van der Waals surface area contributed by atoms with Crippen molar-refractivity contribution in [3.05, 3.63) is 34.2 Å². The number of likely N-dealkylation sites (tertiary alicyclic amines) is 1. The van der Waals surface area contributed by atoms with Crippen LogP contribution in [0.25, 0.3) is 0 Å². The summed E-state index contributed by atoms with van der Waals surface area (Å²) in [5.41, 5.74) is -0.205. The maximum atomic E-state index is 12.3. The number of H-pyrrole nitrogens is 1. The SMILES string of the molecule is CCOC(=O)C1CCCN(C(=O)c2c[nH]ccc2=O)C1.